The Morgan fingerprint density at radius 1 is 1.16 bits per heavy atom. The molecule has 32 heavy (non-hydrogen) atoms. The number of aryl methyl sites for hydroxylation is 1. The monoisotopic (exact) mass is 441 g/mol. The molecule has 1 aromatic heterocycles. The molecule has 0 saturated heterocycles. The van der Waals surface area contributed by atoms with Crippen molar-refractivity contribution in [2.45, 2.75) is 27.3 Å². The Hall–Kier alpha value is -3.45. The normalized spacial score (nSPS) is 17.4. The van der Waals surface area contributed by atoms with E-state index < -0.39 is 5.91 Å². The van der Waals surface area contributed by atoms with Gasteiger partial charge in [-0.1, -0.05) is 61.9 Å². The Balaban J connectivity index is 1.56. The van der Waals surface area contributed by atoms with Gasteiger partial charge in [-0.25, -0.2) is 0 Å². The molecule has 0 radical (unpaired) electrons. The maximum absolute atomic E-state index is 12.8. The molecule has 6 nitrogen and oxygen atoms in total. The van der Waals surface area contributed by atoms with E-state index in [-0.39, 0.29) is 17.3 Å². The Labute approximate surface area is 190 Å². The molecule has 0 fully saturated rings. The minimum absolute atomic E-state index is 0.0682. The Bertz CT molecular complexity index is 1360. The quantitative estimate of drug-likeness (QED) is 0.560. The fourth-order valence-corrected chi connectivity index (χ4v) is 4.82. The standard InChI is InChI=1S/C25H23N5OS/c1-15(2)24-28-30-22(26)20(23(31)27-25(30)32-24)12-18-14-29(21-10-5-4-9-19(18)21)13-17-8-6-7-16(3)11-17/h4-12,14-15,26H,13H2,1-3H3. The number of nitrogens with one attached hydrogen (secondary N) is 1. The lowest BCUT2D eigenvalue weighted by atomic mass is 10.1. The van der Waals surface area contributed by atoms with Crippen molar-refractivity contribution in [3.8, 4) is 0 Å². The van der Waals surface area contributed by atoms with Crippen LogP contribution in [0.3, 0.4) is 0 Å². The SMILES string of the molecule is Cc1cccc(Cn2cc(C=C3C(=N)N4N=C(C(C)C)SC4=NC3=O)c3ccccc32)c1. The third-order valence-corrected chi connectivity index (χ3v) is 6.73. The van der Waals surface area contributed by atoms with Crippen LogP contribution in [0.25, 0.3) is 17.0 Å². The maximum atomic E-state index is 12.8. The number of carbonyl (C=O) groups is 1. The molecule has 0 aliphatic carbocycles. The van der Waals surface area contributed by atoms with Crippen LogP contribution in [-0.2, 0) is 11.3 Å². The van der Waals surface area contributed by atoms with Crippen molar-refractivity contribution in [3.63, 3.8) is 0 Å². The number of thioether (sulfide) groups is 1. The number of fused-ring (bicyclic) bond motifs is 2. The number of amides is 1. The van der Waals surface area contributed by atoms with Crippen LogP contribution in [0.1, 0.15) is 30.5 Å². The number of benzene rings is 2. The number of hydrogen-bond acceptors (Lipinski definition) is 4. The molecule has 5 rings (SSSR count). The minimum Gasteiger partial charge on any atom is -0.342 e. The van der Waals surface area contributed by atoms with E-state index in [1.54, 1.807) is 6.08 Å². The van der Waals surface area contributed by atoms with Crippen LogP contribution in [0.5, 0.6) is 0 Å². The molecule has 0 unspecified atom stereocenters. The molecule has 2 aliphatic heterocycles. The highest BCUT2D eigenvalue weighted by Crippen LogP contribution is 2.32. The van der Waals surface area contributed by atoms with Crippen molar-refractivity contribution in [2.24, 2.45) is 16.0 Å². The number of hydrogen-bond donors (Lipinski definition) is 1. The molecule has 0 atom stereocenters. The molecule has 1 amide bonds. The first-order valence-corrected chi connectivity index (χ1v) is 11.4. The highest BCUT2D eigenvalue weighted by atomic mass is 32.2. The van der Waals surface area contributed by atoms with Gasteiger partial charge in [0.25, 0.3) is 5.91 Å². The van der Waals surface area contributed by atoms with Gasteiger partial charge in [-0.05, 0) is 36.4 Å². The number of para-hydroxylation sites is 1. The summed E-state index contributed by atoms with van der Waals surface area (Å²) in [5.41, 5.74) is 4.66. The predicted molar refractivity (Wildman–Crippen MR) is 132 cm³/mol. The molecule has 0 bridgehead atoms. The number of rotatable bonds is 4. The molecular formula is C25H23N5OS. The summed E-state index contributed by atoms with van der Waals surface area (Å²) in [5, 5.41) is 17.0. The second-order valence-corrected chi connectivity index (χ2v) is 9.32. The predicted octanol–water partition coefficient (Wildman–Crippen LogP) is 5.27. The molecule has 0 saturated carbocycles. The first kappa shape index (κ1) is 20.5. The van der Waals surface area contributed by atoms with Crippen molar-refractivity contribution in [2.75, 3.05) is 0 Å². The lowest BCUT2D eigenvalue weighted by Crippen LogP contribution is -2.35. The second-order valence-electron chi connectivity index (χ2n) is 8.33. The van der Waals surface area contributed by atoms with Gasteiger partial charge < -0.3 is 4.57 Å². The molecule has 2 aliphatic rings. The molecule has 1 N–H and O–H groups in total. The first-order chi connectivity index (χ1) is 15.4. The van der Waals surface area contributed by atoms with E-state index in [0.717, 1.165) is 28.1 Å². The van der Waals surface area contributed by atoms with E-state index in [9.17, 15) is 4.79 Å². The molecule has 160 valence electrons. The Morgan fingerprint density at radius 2 is 1.97 bits per heavy atom. The molecule has 7 heteroatoms. The van der Waals surface area contributed by atoms with Gasteiger partial charge in [0.05, 0.1) is 5.57 Å². The topological polar surface area (TPSA) is 73.8 Å². The fourth-order valence-electron chi connectivity index (χ4n) is 3.92. The van der Waals surface area contributed by atoms with Gasteiger partial charge in [-0.15, -0.1) is 0 Å². The van der Waals surface area contributed by atoms with E-state index in [1.807, 2.05) is 38.2 Å². The minimum atomic E-state index is -0.399. The lowest BCUT2D eigenvalue weighted by Gasteiger charge is -2.20. The van der Waals surface area contributed by atoms with Crippen molar-refractivity contribution in [3.05, 3.63) is 77.0 Å². The summed E-state index contributed by atoms with van der Waals surface area (Å²) in [6.07, 6.45) is 3.81. The van der Waals surface area contributed by atoms with Crippen molar-refractivity contribution in [1.82, 2.24) is 9.58 Å². The van der Waals surface area contributed by atoms with Crippen LogP contribution >= 0.6 is 11.8 Å². The third kappa shape index (κ3) is 3.58. The van der Waals surface area contributed by atoms with Crippen LogP contribution < -0.4 is 0 Å². The lowest BCUT2D eigenvalue weighted by molar-refractivity contribution is -0.114. The smallest absolute Gasteiger partial charge is 0.283 e. The van der Waals surface area contributed by atoms with Gasteiger partial charge >= 0.3 is 0 Å². The van der Waals surface area contributed by atoms with Crippen LogP contribution in [0.4, 0.5) is 0 Å². The molecular weight excluding hydrogens is 418 g/mol. The summed E-state index contributed by atoms with van der Waals surface area (Å²) in [4.78, 5) is 17.0. The summed E-state index contributed by atoms with van der Waals surface area (Å²) in [6.45, 7) is 6.89. The van der Waals surface area contributed by atoms with Crippen LogP contribution in [0.2, 0.25) is 0 Å². The number of amidine groups is 2. The summed E-state index contributed by atoms with van der Waals surface area (Å²) in [5.74, 6) is -0.119. The largest absolute Gasteiger partial charge is 0.342 e. The summed E-state index contributed by atoms with van der Waals surface area (Å²) < 4.78 is 2.18. The van der Waals surface area contributed by atoms with Crippen molar-refractivity contribution in [1.29, 1.82) is 5.41 Å². The number of carbonyl (C=O) groups excluding carboxylic acids is 1. The number of nitrogens with zero attached hydrogens (tertiary/aromatic N) is 4. The Kier molecular flexibility index (Phi) is 5.06. The van der Waals surface area contributed by atoms with E-state index in [0.29, 0.717) is 5.17 Å². The van der Waals surface area contributed by atoms with Gasteiger partial charge in [0, 0.05) is 35.1 Å². The number of hydrazone groups is 1. The van der Waals surface area contributed by atoms with E-state index in [4.69, 9.17) is 5.41 Å². The maximum Gasteiger partial charge on any atom is 0.283 e. The summed E-state index contributed by atoms with van der Waals surface area (Å²) >= 11 is 1.36. The second kappa shape index (κ2) is 7.91. The van der Waals surface area contributed by atoms with Gasteiger partial charge in [-0.3, -0.25) is 10.2 Å². The van der Waals surface area contributed by atoms with Crippen molar-refractivity contribution >= 4 is 50.7 Å². The Morgan fingerprint density at radius 3 is 2.75 bits per heavy atom. The van der Waals surface area contributed by atoms with E-state index in [2.05, 4.69) is 51.9 Å². The summed E-state index contributed by atoms with van der Waals surface area (Å²) in [7, 11) is 0. The fraction of sp³-hybridized carbons (Fsp3) is 0.200. The first-order valence-electron chi connectivity index (χ1n) is 10.5. The zero-order valence-corrected chi connectivity index (χ0v) is 19.0. The van der Waals surface area contributed by atoms with Gasteiger partial charge in [0.15, 0.2) is 5.84 Å². The van der Waals surface area contributed by atoms with Gasteiger partial charge in [-0.2, -0.15) is 15.1 Å². The summed E-state index contributed by atoms with van der Waals surface area (Å²) in [6, 6.07) is 16.6. The molecule has 3 aromatic rings. The molecule has 3 heterocycles. The zero-order chi connectivity index (χ0) is 22.4. The van der Waals surface area contributed by atoms with E-state index >= 15 is 0 Å². The van der Waals surface area contributed by atoms with Gasteiger partial charge in [0.2, 0.25) is 5.17 Å². The number of aromatic nitrogens is 1. The molecule has 0 spiro atoms. The zero-order valence-electron chi connectivity index (χ0n) is 18.2. The number of aliphatic imine (C=N–C) groups is 1. The van der Waals surface area contributed by atoms with Crippen LogP contribution in [-0.4, -0.2) is 31.5 Å². The van der Waals surface area contributed by atoms with Crippen LogP contribution in [0.15, 0.2) is 70.4 Å². The highest BCUT2D eigenvalue weighted by molar-refractivity contribution is 8.27. The van der Waals surface area contributed by atoms with E-state index in [1.165, 1.54) is 27.9 Å². The third-order valence-electron chi connectivity index (χ3n) is 5.52. The average Bonchev–Trinajstić information content (AvgIpc) is 3.34. The van der Waals surface area contributed by atoms with Gasteiger partial charge in [0.1, 0.15) is 5.04 Å². The van der Waals surface area contributed by atoms with Crippen LogP contribution in [0, 0.1) is 18.3 Å². The van der Waals surface area contributed by atoms with Crippen molar-refractivity contribution < 1.29 is 4.79 Å². The molecule has 2 aromatic carbocycles. The highest BCUT2D eigenvalue weighted by Gasteiger charge is 2.36. The average molecular weight is 442 g/mol.